The molecule has 2 rings (SSSR count). The maximum atomic E-state index is 11.7. The van der Waals surface area contributed by atoms with Crippen molar-refractivity contribution in [1.29, 1.82) is 0 Å². The number of aliphatic carboxylic acids is 1. The molecule has 0 bridgehead atoms. The molecule has 102 valence electrons. The lowest BCUT2D eigenvalue weighted by Crippen LogP contribution is -2.50. The highest BCUT2D eigenvalue weighted by Crippen LogP contribution is 2.07. The highest BCUT2D eigenvalue weighted by atomic mass is 16.4. The van der Waals surface area contributed by atoms with Gasteiger partial charge in [-0.15, -0.1) is 0 Å². The van der Waals surface area contributed by atoms with Crippen LogP contribution in [0.4, 0.5) is 4.79 Å². The second-order valence-corrected chi connectivity index (χ2v) is 4.48. The van der Waals surface area contributed by atoms with E-state index in [4.69, 9.17) is 5.11 Å². The third kappa shape index (κ3) is 3.69. The first kappa shape index (κ1) is 13.4. The quantitative estimate of drug-likeness (QED) is 0.629. The lowest BCUT2D eigenvalue weighted by atomic mass is 10.1. The van der Waals surface area contributed by atoms with E-state index in [0.29, 0.717) is 19.5 Å². The van der Waals surface area contributed by atoms with Gasteiger partial charge in [0.05, 0.1) is 6.04 Å². The van der Waals surface area contributed by atoms with Crippen LogP contribution in [0, 0.1) is 0 Å². The summed E-state index contributed by atoms with van der Waals surface area (Å²) in [6.45, 7) is 1.02. The van der Waals surface area contributed by atoms with Crippen molar-refractivity contribution in [2.45, 2.75) is 25.0 Å². The molecule has 6 nitrogen and oxygen atoms in total. The van der Waals surface area contributed by atoms with E-state index in [-0.39, 0.29) is 12.1 Å². The summed E-state index contributed by atoms with van der Waals surface area (Å²) in [4.78, 5) is 22.6. The van der Waals surface area contributed by atoms with Crippen LogP contribution >= 0.6 is 0 Å². The van der Waals surface area contributed by atoms with Gasteiger partial charge in [-0.3, -0.25) is 4.79 Å². The Kier molecular flexibility index (Phi) is 4.35. The monoisotopic (exact) mass is 263 g/mol. The summed E-state index contributed by atoms with van der Waals surface area (Å²) >= 11 is 0. The SMILES string of the molecule is O=C(NCc1ccccc1)NC1CCN[C@@H]1C(=O)O. The van der Waals surface area contributed by atoms with E-state index in [0.717, 1.165) is 5.56 Å². The number of hydrogen-bond acceptors (Lipinski definition) is 3. The molecule has 1 aromatic rings. The van der Waals surface area contributed by atoms with Gasteiger partial charge in [0, 0.05) is 6.54 Å². The second kappa shape index (κ2) is 6.19. The van der Waals surface area contributed by atoms with Gasteiger partial charge in [-0.2, -0.15) is 0 Å². The lowest BCUT2D eigenvalue weighted by molar-refractivity contribution is -0.139. The number of nitrogens with one attached hydrogen (secondary N) is 3. The molecule has 2 atom stereocenters. The molecule has 0 aromatic heterocycles. The maximum absolute atomic E-state index is 11.7. The van der Waals surface area contributed by atoms with Crippen molar-refractivity contribution < 1.29 is 14.7 Å². The molecule has 6 heteroatoms. The van der Waals surface area contributed by atoms with Crippen molar-refractivity contribution in [2.24, 2.45) is 0 Å². The van der Waals surface area contributed by atoms with Gasteiger partial charge in [-0.25, -0.2) is 4.79 Å². The second-order valence-electron chi connectivity index (χ2n) is 4.48. The minimum Gasteiger partial charge on any atom is -0.480 e. The molecule has 19 heavy (non-hydrogen) atoms. The Bertz CT molecular complexity index is 450. The zero-order valence-corrected chi connectivity index (χ0v) is 10.4. The number of urea groups is 1. The van der Waals surface area contributed by atoms with Gasteiger partial charge in [-0.1, -0.05) is 30.3 Å². The van der Waals surface area contributed by atoms with E-state index in [1.165, 1.54) is 0 Å². The Morgan fingerprint density at radius 1 is 1.32 bits per heavy atom. The van der Waals surface area contributed by atoms with E-state index < -0.39 is 12.0 Å². The number of rotatable bonds is 4. The maximum Gasteiger partial charge on any atom is 0.322 e. The molecule has 1 fully saturated rings. The van der Waals surface area contributed by atoms with Crippen LogP contribution < -0.4 is 16.0 Å². The van der Waals surface area contributed by atoms with Gasteiger partial charge >= 0.3 is 12.0 Å². The molecule has 1 aromatic carbocycles. The number of carboxylic acids is 1. The average molecular weight is 263 g/mol. The standard InChI is InChI=1S/C13H17N3O3/c17-12(18)11-10(6-7-14-11)16-13(19)15-8-9-4-2-1-3-5-9/h1-5,10-11,14H,6-8H2,(H,17,18)(H2,15,16,19)/t10?,11-/m0/s1. The van der Waals surface area contributed by atoms with E-state index in [9.17, 15) is 9.59 Å². The van der Waals surface area contributed by atoms with Gasteiger partial charge in [-0.05, 0) is 18.5 Å². The number of carbonyl (C=O) groups excluding carboxylic acids is 1. The number of hydrogen-bond donors (Lipinski definition) is 4. The fraction of sp³-hybridized carbons (Fsp3) is 0.385. The summed E-state index contributed by atoms with van der Waals surface area (Å²) in [6.07, 6.45) is 0.621. The van der Waals surface area contributed by atoms with Gasteiger partial charge < -0.3 is 21.1 Å². The molecule has 1 saturated heterocycles. The summed E-state index contributed by atoms with van der Waals surface area (Å²) in [5.41, 5.74) is 0.997. The molecule has 4 N–H and O–H groups in total. The highest BCUT2D eigenvalue weighted by Gasteiger charge is 2.33. The van der Waals surface area contributed by atoms with Crippen LogP contribution in [-0.4, -0.2) is 35.7 Å². The summed E-state index contributed by atoms with van der Waals surface area (Å²) in [5, 5.41) is 17.2. The molecule has 0 spiro atoms. The minimum atomic E-state index is -0.939. The third-order valence-electron chi connectivity index (χ3n) is 3.10. The van der Waals surface area contributed by atoms with Crippen LogP contribution in [0.3, 0.4) is 0 Å². The third-order valence-corrected chi connectivity index (χ3v) is 3.10. The topological polar surface area (TPSA) is 90.5 Å². The van der Waals surface area contributed by atoms with Crippen LogP contribution in [0.2, 0.25) is 0 Å². The van der Waals surface area contributed by atoms with Crippen LogP contribution in [0.25, 0.3) is 0 Å². The van der Waals surface area contributed by atoms with Gasteiger partial charge in [0.25, 0.3) is 0 Å². The molecule has 2 amide bonds. The van der Waals surface area contributed by atoms with Crippen molar-refractivity contribution in [2.75, 3.05) is 6.54 Å². The zero-order valence-electron chi connectivity index (χ0n) is 10.4. The zero-order chi connectivity index (χ0) is 13.7. The number of carboxylic acid groups (broad SMARTS) is 1. The van der Waals surface area contributed by atoms with Crippen molar-refractivity contribution in [1.82, 2.24) is 16.0 Å². The molecule has 0 saturated carbocycles. The van der Waals surface area contributed by atoms with E-state index >= 15 is 0 Å². The van der Waals surface area contributed by atoms with Crippen molar-refractivity contribution >= 4 is 12.0 Å². The van der Waals surface area contributed by atoms with Crippen molar-refractivity contribution in [3.63, 3.8) is 0 Å². The normalized spacial score (nSPS) is 21.9. The highest BCUT2D eigenvalue weighted by molar-refractivity contribution is 5.78. The Morgan fingerprint density at radius 3 is 2.74 bits per heavy atom. The summed E-state index contributed by atoms with van der Waals surface area (Å²) in [6, 6.07) is 8.12. The smallest absolute Gasteiger partial charge is 0.322 e. The van der Waals surface area contributed by atoms with Crippen LogP contribution in [0.15, 0.2) is 30.3 Å². The van der Waals surface area contributed by atoms with Gasteiger partial charge in [0.1, 0.15) is 6.04 Å². The Hall–Kier alpha value is -2.08. The fourth-order valence-electron chi connectivity index (χ4n) is 2.12. The van der Waals surface area contributed by atoms with Gasteiger partial charge in [0.15, 0.2) is 0 Å². The van der Waals surface area contributed by atoms with Gasteiger partial charge in [0.2, 0.25) is 0 Å². The summed E-state index contributed by atoms with van der Waals surface area (Å²) in [7, 11) is 0. The minimum absolute atomic E-state index is 0.344. The first-order valence-electron chi connectivity index (χ1n) is 6.21. The molecule has 0 aliphatic carbocycles. The van der Waals surface area contributed by atoms with Crippen molar-refractivity contribution in [3.05, 3.63) is 35.9 Å². The molecular weight excluding hydrogens is 246 g/mol. The molecule has 1 aliphatic rings. The van der Waals surface area contributed by atoms with Crippen LogP contribution in [-0.2, 0) is 11.3 Å². The average Bonchev–Trinajstić information content (AvgIpc) is 2.86. The molecule has 1 aliphatic heterocycles. The Morgan fingerprint density at radius 2 is 2.05 bits per heavy atom. The van der Waals surface area contributed by atoms with Crippen LogP contribution in [0.1, 0.15) is 12.0 Å². The largest absolute Gasteiger partial charge is 0.480 e. The molecular formula is C13H17N3O3. The van der Waals surface area contributed by atoms with E-state index in [2.05, 4.69) is 16.0 Å². The van der Waals surface area contributed by atoms with Crippen molar-refractivity contribution in [3.8, 4) is 0 Å². The van der Waals surface area contributed by atoms with E-state index in [1.54, 1.807) is 0 Å². The number of carbonyl (C=O) groups is 2. The predicted octanol–water partition coefficient (Wildman–Crippen LogP) is 0.301. The van der Waals surface area contributed by atoms with E-state index in [1.807, 2.05) is 30.3 Å². The molecule has 1 heterocycles. The summed E-state index contributed by atoms with van der Waals surface area (Å²) in [5.74, 6) is -0.939. The first-order chi connectivity index (χ1) is 9.16. The lowest BCUT2D eigenvalue weighted by Gasteiger charge is -2.17. The number of amides is 2. The Balaban J connectivity index is 1.80. The Labute approximate surface area is 111 Å². The van der Waals surface area contributed by atoms with Crippen LogP contribution in [0.5, 0.6) is 0 Å². The summed E-state index contributed by atoms with van der Waals surface area (Å²) < 4.78 is 0. The molecule has 1 unspecified atom stereocenters. The first-order valence-corrected chi connectivity index (χ1v) is 6.21. The predicted molar refractivity (Wildman–Crippen MR) is 69.6 cm³/mol. The number of benzene rings is 1. The molecule has 0 radical (unpaired) electrons. The fourth-order valence-corrected chi connectivity index (χ4v) is 2.12.